The van der Waals surface area contributed by atoms with Crippen LogP contribution in [0.1, 0.15) is 11.6 Å². The number of halogens is 1. The third-order valence-corrected chi connectivity index (χ3v) is 6.72. The molecular formula is C27H21FN6O. The molecule has 5 aromatic rings. The summed E-state index contributed by atoms with van der Waals surface area (Å²) >= 11 is 0. The maximum absolute atomic E-state index is 14.6. The van der Waals surface area contributed by atoms with Crippen molar-refractivity contribution in [2.24, 2.45) is 0 Å². The lowest BCUT2D eigenvalue weighted by molar-refractivity contribution is -0.127. The molecule has 8 heteroatoms. The van der Waals surface area contributed by atoms with E-state index in [1.54, 1.807) is 24.2 Å². The Morgan fingerprint density at radius 2 is 2.03 bits per heavy atom. The van der Waals surface area contributed by atoms with E-state index in [-0.39, 0.29) is 17.8 Å². The molecule has 0 unspecified atom stereocenters. The maximum atomic E-state index is 14.6. The zero-order valence-electron chi connectivity index (χ0n) is 18.9. The van der Waals surface area contributed by atoms with E-state index in [1.807, 2.05) is 34.9 Å². The normalized spacial score (nSPS) is 14.5. The van der Waals surface area contributed by atoms with E-state index >= 15 is 0 Å². The smallest absolute Gasteiger partial charge is 0.246 e. The number of nitrogens with zero attached hydrogens (tertiary/aromatic N) is 5. The molecule has 1 aliphatic heterocycles. The van der Waals surface area contributed by atoms with Crippen molar-refractivity contribution in [3.05, 3.63) is 85.1 Å². The van der Waals surface area contributed by atoms with E-state index in [9.17, 15) is 9.18 Å². The van der Waals surface area contributed by atoms with Gasteiger partial charge in [-0.3, -0.25) is 9.78 Å². The lowest BCUT2D eigenvalue weighted by Crippen LogP contribution is -2.35. The summed E-state index contributed by atoms with van der Waals surface area (Å²) in [6.07, 6.45) is 4.49. The molecule has 7 nitrogen and oxygen atoms in total. The van der Waals surface area contributed by atoms with Crippen LogP contribution in [0.3, 0.4) is 0 Å². The van der Waals surface area contributed by atoms with Crippen molar-refractivity contribution in [2.45, 2.75) is 12.6 Å². The zero-order chi connectivity index (χ0) is 24.3. The minimum absolute atomic E-state index is 0.224. The fourth-order valence-corrected chi connectivity index (χ4v) is 5.06. The van der Waals surface area contributed by atoms with E-state index in [0.717, 1.165) is 33.3 Å². The van der Waals surface area contributed by atoms with Crippen molar-refractivity contribution in [2.75, 3.05) is 12.8 Å². The van der Waals surface area contributed by atoms with Gasteiger partial charge in [0.15, 0.2) is 0 Å². The van der Waals surface area contributed by atoms with Crippen LogP contribution in [0.4, 0.5) is 10.2 Å². The highest BCUT2D eigenvalue weighted by Gasteiger charge is 2.34. The second-order valence-electron chi connectivity index (χ2n) is 8.61. The summed E-state index contributed by atoms with van der Waals surface area (Å²) in [5.41, 5.74) is 11.8. The Morgan fingerprint density at radius 1 is 1.20 bits per heavy atom. The molecule has 1 amide bonds. The number of hydrogen-bond acceptors (Lipinski definition) is 5. The molecule has 0 radical (unpaired) electrons. The number of aromatic nitrogens is 4. The minimum atomic E-state index is -0.374. The van der Waals surface area contributed by atoms with Crippen LogP contribution in [0.15, 0.2) is 73.7 Å². The second-order valence-corrected chi connectivity index (χ2v) is 8.61. The number of pyridine rings is 1. The number of benzene rings is 2. The number of fused-ring (bicyclic) bond motifs is 6. The Balaban J connectivity index is 1.71. The molecule has 172 valence electrons. The van der Waals surface area contributed by atoms with Crippen LogP contribution in [-0.4, -0.2) is 37.4 Å². The monoisotopic (exact) mass is 464 g/mol. The summed E-state index contributed by atoms with van der Waals surface area (Å²) < 4.78 is 16.6. The van der Waals surface area contributed by atoms with E-state index in [1.165, 1.54) is 24.5 Å². The third kappa shape index (κ3) is 3.10. The van der Waals surface area contributed by atoms with Gasteiger partial charge in [0.05, 0.1) is 22.6 Å². The summed E-state index contributed by atoms with van der Waals surface area (Å²) in [6.45, 7) is 4.03. The van der Waals surface area contributed by atoms with Crippen molar-refractivity contribution >= 4 is 33.7 Å². The maximum Gasteiger partial charge on any atom is 0.246 e. The summed E-state index contributed by atoms with van der Waals surface area (Å²) in [6, 6.07) is 14.2. The van der Waals surface area contributed by atoms with Gasteiger partial charge in [-0.05, 0) is 35.9 Å². The first-order chi connectivity index (χ1) is 17.0. The van der Waals surface area contributed by atoms with Gasteiger partial charge in [0.2, 0.25) is 5.91 Å². The first-order valence-corrected chi connectivity index (χ1v) is 11.1. The second kappa shape index (κ2) is 7.73. The summed E-state index contributed by atoms with van der Waals surface area (Å²) in [5.74, 6) is -0.274. The predicted octanol–water partition coefficient (Wildman–Crippen LogP) is 4.73. The number of carbonyl (C=O) groups is 1. The number of nitrogens with two attached hydrogens (primary N) is 1. The molecule has 0 aliphatic carbocycles. The highest BCUT2D eigenvalue weighted by atomic mass is 19.1. The molecule has 1 atom stereocenters. The van der Waals surface area contributed by atoms with Crippen molar-refractivity contribution in [3.8, 4) is 22.4 Å². The molecular weight excluding hydrogens is 443 g/mol. The fourth-order valence-electron chi connectivity index (χ4n) is 5.06. The van der Waals surface area contributed by atoms with Gasteiger partial charge < -0.3 is 15.2 Å². The molecule has 0 fully saturated rings. The van der Waals surface area contributed by atoms with Gasteiger partial charge in [-0.1, -0.05) is 30.8 Å². The standard InChI is InChI=1S/C27H21FN6O/c1-3-22(35)33(2)21-13-34-25(19-11-17(28)8-9-18(19)21)23(24-26(29)31-14-32-27(24)34)16-10-15-6-4-5-7-20(15)30-12-16/h3-12,14,21H,1,13H2,2H3,(H2,29,31,32)/t21-/m1/s1. The molecule has 2 N–H and O–H groups in total. The Kier molecular flexibility index (Phi) is 4.63. The van der Waals surface area contributed by atoms with Crippen LogP contribution in [0.5, 0.6) is 0 Å². The summed E-state index contributed by atoms with van der Waals surface area (Å²) in [4.78, 5) is 27.6. The number of likely N-dealkylation sites (N-methyl/N-ethyl adjacent to an activating group) is 1. The number of carbonyl (C=O) groups excluding carboxylic acids is 1. The average molecular weight is 465 g/mol. The van der Waals surface area contributed by atoms with Gasteiger partial charge in [0.1, 0.15) is 23.6 Å². The number of rotatable bonds is 3. The van der Waals surface area contributed by atoms with Crippen molar-refractivity contribution in [3.63, 3.8) is 0 Å². The van der Waals surface area contributed by atoms with Crippen LogP contribution in [0, 0.1) is 5.82 Å². The lowest BCUT2D eigenvalue weighted by Gasteiger charge is -2.34. The largest absolute Gasteiger partial charge is 0.383 e. The molecule has 0 saturated carbocycles. The molecule has 2 aromatic carbocycles. The van der Waals surface area contributed by atoms with Crippen LogP contribution in [0.2, 0.25) is 0 Å². The van der Waals surface area contributed by atoms with E-state index in [4.69, 9.17) is 5.73 Å². The summed E-state index contributed by atoms with van der Waals surface area (Å²) in [7, 11) is 1.72. The van der Waals surface area contributed by atoms with E-state index in [0.29, 0.717) is 29.0 Å². The quantitative estimate of drug-likeness (QED) is 0.390. The van der Waals surface area contributed by atoms with Gasteiger partial charge >= 0.3 is 0 Å². The highest BCUT2D eigenvalue weighted by molar-refractivity contribution is 6.09. The van der Waals surface area contributed by atoms with Crippen LogP contribution < -0.4 is 5.73 Å². The molecule has 1 aliphatic rings. The average Bonchev–Trinajstić information content (AvgIpc) is 3.22. The minimum Gasteiger partial charge on any atom is -0.383 e. The highest BCUT2D eigenvalue weighted by Crippen LogP contribution is 2.48. The van der Waals surface area contributed by atoms with Crippen LogP contribution >= 0.6 is 0 Å². The van der Waals surface area contributed by atoms with Gasteiger partial charge in [0, 0.05) is 41.9 Å². The van der Waals surface area contributed by atoms with E-state index < -0.39 is 0 Å². The molecule has 35 heavy (non-hydrogen) atoms. The number of hydrogen-bond donors (Lipinski definition) is 1. The van der Waals surface area contributed by atoms with Crippen LogP contribution in [-0.2, 0) is 11.3 Å². The number of para-hydroxylation sites is 1. The Labute approximate surface area is 200 Å². The van der Waals surface area contributed by atoms with Gasteiger partial charge in [-0.2, -0.15) is 0 Å². The van der Waals surface area contributed by atoms with Crippen molar-refractivity contribution < 1.29 is 9.18 Å². The molecule has 6 rings (SSSR count). The molecule has 0 saturated heterocycles. The fraction of sp³-hybridized carbons (Fsp3) is 0.111. The zero-order valence-corrected chi connectivity index (χ0v) is 18.9. The number of amides is 1. The molecule has 3 aromatic heterocycles. The third-order valence-electron chi connectivity index (χ3n) is 6.72. The van der Waals surface area contributed by atoms with E-state index in [2.05, 4.69) is 21.5 Å². The first kappa shape index (κ1) is 21.0. The SMILES string of the molecule is C=CC(=O)N(C)[C@@H]1Cn2c(c(-c3cnc4ccccc4c3)c3c(N)ncnc32)-c2cc(F)ccc21. The number of anilines is 1. The molecule has 4 heterocycles. The Hall–Kier alpha value is -4.59. The summed E-state index contributed by atoms with van der Waals surface area (Å²) in [5, 5.41) is 1.64. The Bertz CT molecular complexity index is 1670. The van der Waals surface area contributed by atoms with Crippen LogP contribution in [0.25, 0.3) is 44.3 Å². The lowest BCUT2D eigenvalue weighted by atomic mass is 9.90. The first-order valence-electron chi connectivity index (χ1n) is 11.1. The van der Waals surface area contributed by atoms with Gasteiger partial charge in [-0.15, -0.1) is 0 Å². The predicted molar refractivity (Wildman–Crippen MR) is 134 cm³/mol. The van der Waals surface area contributed by atoms with Gasteiger partial charge in [0.25, 0.3) is 0 Å². The molecule has 0 bridgehead atoms. The van der Waals surface area contributed by atoms with Crippen molar-refractivity contribution in [1.29, 1.82) is 0 Å². The Morgan fingerprint density at radius 3 is 2.86 bits per heavy atom. The van der Waals surface area contributed by atoms with Gasteiger partial charge in [-0.25, -0.2) is 14.4 Å². The molecule has 0 spiro atoms. The van der Waals surface area contributed by atoms with Crippen molar-refractivity contribution in [1.82, 2.24) is 24.4 Å². The number of nitrogen functional groups attached to an aromatic ring is 1. The topological polar surface area (TPSA) is 89.9 Å².